The first-order chi connectivity index (χ1) is 8.93. The number of H-pyrrole nitrogens is 1. The minimum absolute atomic E-state index is 0.950. The first-order valence-corrected chi connectivity index (χ1v) is 8.40. The van der Waals surface area contributed by atoms with Crippen molar-refractivity contribution in [2.45, 2.75) is 76.3 Å². The zero-order valence-corrected chi connectivity index (χ0v) is 12.5. The van der Waals surface area contributed by atoms with Gasteiger partial charge in [-0.1, -0.05) is 76.5 Å². The molecule has 0 aliphatic carbocycles. The normalized spacial score (nSPS) is 10.9. The zero-order chi connectivity index (χ0) is 12.9. The molecule has 1 rings (SSSR count). The van der Waals surface area contributed by atoms with Crippen LogP contribution in [0.15, 0.2) is 11.5 Å². The van der Waals surface area contributed by atoms with Gasteiger partial charge in [0.05, 0.1) is 0 Å². The summed E-state index contributed by atoms with van der Waals surface area (Å²) in [4.78, 5) is 4.10. The molecule has 0 aliphatic heterocycles. The second-order valence-corrected chi connectivity index (χ2v) is 5.90. The predicted octanol–water partition coefficient (Wildman–Crippen LogP) is 4.82. The molecule has 0 amide bonds. The molecule has 4 heteroatoms. The molecule has 0 unspecified atom stereocenters. The first kappa shape index (κ1) is 15.5. The lowest BCUT2D eigenvalue weighted by molar-refractivity contribution is 0.563. The number of nitrogens with one attached hydrogen (secondary N) is 1. The SMILES string of the molecule is CCCCCCCCCCCCSc1ncn[nH]1. The molecule has 18 heavy (non-hydrogen) atoms. The van der Waals surface area contributed by atoms with Crippen molar-refractivity contribution in [2.75, 3.05) is 5.75 Å². The van der Waals surface area contributed by atoms with Gasteiger partial charge in [0.15, 0.2) is 5.16 Å². The van der Waals surface area contributed by atoms with Gasteiger partial charge in [0, 0.05) is 5.75 Å². The van der Waals surface area contributed by atoms with E-state index in [9.17, 15) is 0 Å². The molecule has 0 bridgehead atoms. The summed E-state index contributed by atoms with van der Waals surface area (Å²) in [5.41, 5.74) is 0. The lowest BCUT2D eigenvalue weighted by Gasteiger charge is -2.01. The maximum atomic E-state index is 4.10. The fourth-order valence-corrected chi connectivity index (χ4v) is 2.80. The Labute approximate surface area is 116 Å². The van der Waals surface area contributed by atoms with E-state index in [1.807, 2.05) is 0 Å². The number of rotatable bonds is 12. The highest BCUT2D eigenvalue weighted by Gasteiger charge is 1.96. The van der Waals surface area contributed by atoms with Crippen LogP contribution in [0.1, 0.15) is 71.1 Å². The van der Waals surface area contributed by atoms with Crippen molar-refractivity contribution in [3.63, 3.8) is 0 Å². The number of hydrogen-bond donors (Lipinski definition) is 1. The molecule has 0 fully saturated rings. The molecule has 0 spiro atoms. The Bertz CT molecular complexity index is 262. The van der Waals surface area contributed by atoms with Gasteiger partial charge >= 0.3 is 0 Å². The van der Waals surface area contributed by atoms with Crippen LogP contribution in [-0.2, 0) is 0 Å². The second kappa shape index (κ2) is 11.6. The van der Waals surface area contributed by atoms with Crippen LogP contribution < -0.4 is 0 Å². The average molecular weight is 269 g/mol. The minimum Gasteiger partial charge on any atom is -0.254 e. The van der Waals surface area contributed by atoms with Crippen LogP contribution in [0.2, 0.25) is 0 Å². The lowest BCUT2D eigenvalue weighted by atomic mass is 10.1. The lowest BCUT2D eigenvalue weighted by Crippen LogP contribution is -1.84. The molecule has 0 atom stereocenters. The molecule has 1 aromatic heterocycles. The number of aromatic amines is 1. The monoisotopic (exact) mass is 269 g/mol. The van der Waals surface area contributed by atoms with Crippen LogP contribution in [0.25, 0.3) is 0 Å². The van der Waals surface area contributed by atoms with Crippen molar-refractivity contribution in [1.82, 2.24) is 15.2 Å². The van der Waals surface area contributed by atoms with Crippen molar-refractivity contribution in [3.8, 4) is 0 Å². The third-order valence-corrected chi connectivity index (χ3v) is 4.09. The fraction of sp³-hybridized carbons (Fsp3) is 0.857. The van der Waals surface area contributed by atoms with Crippen LogP contribution in [0, 0.1) is 0 Å². The Hall–Kier alpha value is -0.510. The highest BCUT2D eigenvalue weighted by molar-refractivity contribution is 7.99. The predicted molar refractivity (Wildman–Crippen MR) is 79.0 cm³/mol. The fourth-order valence-electron chi connectivity index (χ4n) is 2.02. The molecule has 0 aromatic carbocycles. The van der Waals surface area contributed by atoms with Crippen LogP contribution in [0.3, 0.4) is 0 Å². The topological polar surface area (TPSA) is 41.6 Å². The van der Waals surface area contributed by atoms with Gasteiger partial charge in [-0.3, -0.25) is 5.10 Å². The van der Waals surface area contributed by atoms with Gasteiger partial charge in [-0.25, -0.2) is 4.98 Å². The van der Waals surface area contributed by atoms with E-state index < -0.39 is 0 Å². The van der Waals surface area contributed by atoms with Gasteiger partial charge in [-0.2, -0.15) is 5.10 Å². The largest absolute Gasteiger partial charge is 0.254 e. The zero-order valence-electron chi connectivity index (χ0n) is 11.7. The van der Waals surface area contributed by atoms with Gasteiger partial charge in [0.2, 0.25) is 0 Å². The number of nitrogens with zero attached hydrogens (tertiary/aromatic N) is 2. The van der Waals surface area contributed by atoms with Crippen LogP contribution in [0.4, 0.5) is 0 Å². The van der Waals surface area contributed by atoms with E-state index >= 15 is 0 Å². The van der Waals surface area contributed by atoms with Crippen molar-refractivity contribution < 1.29 is 0 Å². The molecule has 1 aromatic rings. The van der Waals surface area contributed by atoms with Gasteiger partial charge in [-0.15, -0.1) is 0 Å². The summed E-state index contributed by atoms with van der Waals surface area (Å²) in [7, 11) is 0. The van der Waals surface area contributed by atoms with Gasteiger partial charge in [0.25, 0.3) is 0 Å². The molecule has 0 saturated heterocycles. The molecule has 0 aliphatic rings. The minimum atomic E-state index is 0.950. The first-order valence-electron chi connectivity index (χ1n) is 7.41. The van der Waals surface area contributed by atoms with Crippen molar-refractivity contribution >= 4 is 11.8 Å². The molecular formula is C14H27N3S. The smallest absolute Gasteiger partial charge is 0.183 e. The van der Waals surface area contributed by atoms with Gasteiger partial charge in [0.1, 0.15) is 6.33 Å². The maximum absolute atomic E-state index is 4.10. The summed E-state index contributed by atoms with van der Waals surface area (Å²) >= 11 is 1.78. The van der Waals surface area contributed by atoms with E-state index in [4.69, 9.17) is 0 Å². The number of aromatic nitrogens is 3. The van der Waals surface area contributed by atoms with E-state index in [0.717, 1.165) is 10.9 Å². The van der Waals surface area contributed by atoms with Crippen molar-refractivity contribution in [2.24, 2.45) is 0 Å². The number of thioether (sulfide) groups is 1. The molecule has 1 N–H and O–H groups in total. The Morgan fingerprint density at radius 2 is 1.56 bits per heavy atom. The Balaban J connectivity index is 1.73. The number of hydrogen-bond acceptors (Lipinski definition) is 3. The summed E-state index contributed by atoms with van der Waals surface area (Å²) in [6.07, 6.45) is 15.5. The molecule has 0 radical (unpaired) electrons. The summed E-state index contributed by atoms with van der Waals surface area (Å²) in [5, 5.41) is 7.66. The number of unbranched alkanes of at least 4 members (excludes halogenated alkanes) is 9. The van der Waals surface area contributed by atoms with E-state index in [1.54, 1.807) is 18.1 Å². The standard InChI is InChI=1S/C14H27N3S/c1-2-3-4-5-6-7-8-9-10-11-12-18-14-15-13-16-17-14/h13H,2-12H2,1H3,(H,15,16,17). The van der Waals surface area contributed by atoms with E-state index in [1.165, 1.54) is 64.2 Å². The molecule has 3 nitrogen and oxygen atoms in total. The Kier molecular flexibility index (Phi) is 10.00. The van der Waals surface area contributed by atoms with Crippen molar-refractivity contribution in [1.29, 1.82) is 0 Å². The Morgan fingerprint density at radius 1 is 0.944 bits per heavy atom. The molecule has 0 saturated carbocycles. The van der Waals surface area contributed by atoms with E-state index in [0.29, 0.717) is 0 Å². The highest BCUT2D eigenvalue weighted by Crippen LogP contribution is 2.15. The highest BCUT2D eigenvalue weighted by atomic mass is 32.2. The maximum Gasteiger partial charge on any atom is 0.183 e. The molecule has 104 valence electrons. The van der Waals surface area contributed by atoms with Gasteiger partial charge in [-0.05, 0) is 6.42 Å². The van der Waals surface area contributed by atoms with E-state index in [-0.39, 0.29) is 0 Å². The summed E-state index contributed by atoms with van der Waals surface area (Å²) < 4.78 is 0. The molecule has 1 heterocycles. The average Bonchev–Trinajstić information content (AvgIpc) is 2.89. The van der Waals surface area contributed by atoms with Gasteiger partial charge < -0.3 is 0 Å². The summed E-state index contributed by atoms with van der Waals surface area (Å²) in [5.74, 6) is 1.16. The molecular weight excluding hydrogens is 242 g/mol. The quantitative estimate of drug-likeness (QED) is 0.437. The van der Waals surface area contributed by atoms with Crippen molar-refractivity contribution in [3.05, 3.63) is 6.33 Å². The van der Waals surface area contributed by atoms with Crippen LogP contribution >= 0.6 is 11.8 Å². The third kappa shape index (κ3) is 8.56. The second-order valence-electron chi connectivity index (χ2n) is 4.82. The van der Waals surface area contributed by atoms with E-state index in [2.05, 4.69) is 22.1 Å². The summed E-state index contributed by atoms with van der Waals surface area (Å²) in [6.45, 7) is 2.27. The van der Waals surface area contributed by atoms with Crippen LogP contribution in [0.5, 0.6) is 0 Å². The Morgan fingerprint density at radius 3 is 2.11 bits per heavy atom. The summed E-state index contributed by atoms with van der Waals surface area (Å²) in [6, 6.07) is 0. The third-order valence-electron chi connectivity index (χ3n) is 3.13. The van der Waals surface area contributed by atoms with Crippen LogP contribution in [-0.4, -0.2) is 20.9 Å².